The van der Waals surface area contributed by atoms with E-state index >= 15 is 0 Å². The maximum absolute atomic E-state index is 12.7. The van der Waals surface area contributed by atoms with E-state index in [4.69, 9.17) is 4.74 Å². The van der Waals surface area contributed by atoms with Gasteiger partial charge < -0.3 is 15.0 Å². The van der Waals surface area contributed by atoms with Gasteiger partial charge in [0.25, 0.3) is 5.91 Å². The third-order valence-electron chi connectivity index (χ3n) is 4.97. The lowest BCUT2D eigenvalue weighted by atomic mass is 9.97. The molecule has 1 aromatic rings. The summed E-state index contributed by atoms with van der Waals surface area (Å²) in [6, 6.07) is 8.94. The molecule has 25 heavy (non-hydrogen) atoms. The van der Waals surface area contributed by atoms with Crippen LogP contribution >= 0.6 is 0 Å². The van der Waals surface area contributed by atoms with E-state index in [1.54, 1.807) is 36.1 Å². The van der Waals surface area contributed by atoms with Crippen LogP contribution in [0.5, 0.6) is 0 Å². The summed E-state index contributed by atoms with van der Waals surface area (Å²) in [5.74, 6) is -0.404. The minimum absolute atomic E-state index is 0.158. The Labute approximate surface area is 147 Å². The quantitative estimate of drug-likeness (QED) is 0.798. The molecule has 0 spiro atoms. The number of esters is 1. The number of ether oxygens (including phenoxy) is 1. The van der Waals surface area contributed by atoms with Crippen LogP contribution in [-0.2, 0) is 14.3 Å². The predicted octanol–water partition coefficient (Wildman–Crippen LogP) is 1.75. The van der Waals surface area contributed by atoms with Crippen molar-refractivity contribution >= 4 is 17.8 Å². The van der Waals surface area contributed by atoms with Gasteiger partial charge in [-0.2, -0.15) is 0 Å². The molecule has 1 saturated carbocycles. The van der Waals surface area contributed by atoms with E-state index in [1.807, 2.05) is 6.07 Å². The zero-order chi connectivity index (χ0) is 17.9. The SMILES string of the molecule is C[C@]1(C(=O)NCC(=O)OCC2CC2)CCCN1C(=O)c1ccccc1. The molecule has 0 bridgehead atoms. The fourth-order valence-electron chi connectivity index (χ4n) is 3.15. The third kappa shape index (κ3) is 4.00. The average molecular weight is 344 g/mol. The van der Waals surface area contributed by atoms with Crippen LogP contribution in [-0.4, -0.2) is 47.9 Å². The van der Waals surface area contributed by atoms with Crippen molar-refractivity contribution in [3.63, 3.8) is 0 Å². The highest BCUT2D eigenvalue weighted by Crippen LogP contribution is 2.31. The van der Waals surface area contributed by atoms with E-state index in [-0.39, 0.29) is 18.4 Å². The monoisotopic (exact) mass is 344 g/mol. The van der Waals surface area contributed by atoms with Crippen LogP contribution in [0.25, 0.3) is 0 Å². The van der Waals surface area contributed by atoms with Gasteiger partial charge in [-0.25, -0.2) is 0 Å². The second-order valence-corrected chi connectivity index (χ2v) is 7.01. The number of hydrogen-bond donors (Lipinski definition) is 1. The minimum atomic E-state index is -0.941. The molecule has 6 heteroatoms. The number of nitrogens with zero attached hydrogens (tertiary/aromatic N) is 1. The Morgan fingerprint density at radius 3 is 2.64 bits per heavy atom. The van der Waals surface area contributed by atoms with Crippen molar-refractivity contribution in [1.29, 1.82) is 0 Å². The Kier molecular flexibility index (Phi) is 5.06. The van der Waals surface area contributed by atoms with E-state index in [0.29, 0.717) is 31.1 Å². The molecular formula is C19H24N2O4. The highest BCUT2D eigenvalue weighted by molar-refractivity contribution is 6.00. The van der Waals surface area contributed by atoms with Crippen molar-refractivity contribution in [2.45, 2.75) is 38.1 Å². The number of nitrogens with one attached hydrogen (secondary N) is 1. The van der Waals surface area contributed by atoms with Gasteiger partial charge in [0, 0.05) is 12.1 Å². The van der Waals surface area contributed by atoms with E-state index in [2.05, 4.69) is 5.32 Å². The number of likely N-dealkylation sites (tertiary alicyclic amines) is 1. The molecule has 2 aliphatic rings. The highest BCUT2D eigenvalue weighted by Gasteiger charge is 2.45. The first-order valence-corrected chi connectivity index (χ1v) is 8.81. The largest absolute Gasteiger partial charge is 0.464 e. The molecular weight excluding hydrogens is 320 g/mol. The molecule has 1 atom stereocenters. The smallest absolute Gasteiger partial charge is 0.325 e. The number of carbonyl (C=O) groups is 3. The van der Waals surface area contributed by atoms with E-state index < -0.39 is 11.5 Å². The van der Waals surface area contributed by atoms with Gasteiger partial charge in [-0.3, -0.25) is 14.4 Å². The lowest BCUT2D eigenvalue weighted by Crippen LogP contribution is -2.56. The number of hydrogen-bond acceptors (Lipinski definition) is 4. The summed E-state index contributed by atoms with van der Waals surface area (Å²) in [7, 11) is 0. The zero-order valence-corrected chi connectivity index (χ0v) is 14.5. The molecule has 2 amide bonds. The van der Waals surface area contributed by atoms with Gasteiger partial charge in [-0.05, 0) is 50.7 Å². The molecule has 0 unspecified atom stereocenters. The summed E-state index contributed by atoms with van der Waals surface area (Å²) in [6.07, 6.45) is 3.55. The lowest BCUT2D eigenvalue weighted by molar-refractivity contribution is -0.145. The Morgan fingerprint density at radius 1 is 1.24 bits per heavy atom. The average Bonchev–Trinajstić information content (AvgIpc) is 3.38. The molecule has 0 aromatic heterocycles. The molecule has 6 nitrogen and oxygen atoms in total. The van der Waals surface area contributed by atoms with E-state index in [1.165, 1.54) is 0 Å². The Balaban J connectivity index is 1.59. The second kappa shape index (κ2) is 7.25. The summed E-state index contributed by atoms with van der Waals surface area (Å²) < 4.78 is 5.12. The van der Waals surface area contributed by atoms with Gasteiger partial charge in [-0.1, -0.05) is 18.2 Å². The number of amides is 2. The van der Waals surface area contributed by atoms with Crippen molar-refractivity contribution in [2.24, 2.45) is 5.92 Å². The summed E-state index contributed by atoms with van der Waals surface area (Å²) in [5.41, 5.74) is -0.378. The molecule has 3 rings (SSSR count). The molecule has 1 heterocycles. The maximum atomic E-state index is 12.7. The zero-order valence-electron chi connectivity index (χ0n) is 14.5. The topological polar surface area (TPSA) is 75.7 Å². The molecule has 1 aromatic carbocycles. The normalized spacial score (nSPS) is 22.5. The fourth-order valence-corrected chi connectivity index (χ4v) is 3.15. The van der Waals surface area contributed by atoms with Gasteiger partial charge >= 0.3 is 5.97 Å². The minimum Gasteiger partial charge on any atom is -0.464 e. The van der Waals surface area contributed by atoms with Crippen LogP contribution in [0.2, 0.25) is 0 Å². The standard InChI is InChI=1S/C19H24N2O4/c1-19(18(24)20-12-16(22)25-13-14-8-9-14)10-5-11-21(19)17(23)15-6-3-2-4-7-15/h2-4,6-7,14H,5,8-13H2,1H3,(H,20,24)/t19-/m1/s1. The molecule has 1 aliphatic carbocycles. The molecule has 2 fully saturated rings. The van der Waals surface area contributed by atoms with Gasteiger partial charge in [0.15, 0.2) is 0 Å². The lowest BCUT2D eigenvalue weighted by Gasteiger charge is -2.33. The van der Waals surface area contributed by atoms with Crippen molar-refractivity contribution < 1.29 is 19.1 Å². The van der Waals surface area contributed by atoms with Crippen molar-refractivity contribution in [2.75, 3.05) is 19.7 Å². The Bertz CT molecular complexity index is 657. The molecule has 134 valence electrons. The summed E-state index contributed by atoms with van der Waals surface area (Å²) in [5, 5.41) is 2.64. The van der Waals surface area contributed by atoms with Crippen LogP contribution in [0, 0.1) is 5.92 Å². The van der Waals surface area contributed by atoms with Crippen LogP contribution in [0.1, 0.15) is 43.0 Å². The number of benzene rings is 1. The molecule has 0 radical (unpaired) electrons. The molecule has 1 aliphatic heterocycles. The van der Waals surface area contributed by atoms with Crippen molar-refractivity contribution in [3.05, 3.63) is 35.9 Å². The summed E-state index contributed by atoms with van der Waals surface area (Å²) in [4.78, 5) is 38.7. The fraction of sp³-hybridized carbons (Fsp3) is 0.526. The predicted molar refractivity (Wildman–Crippen MR) is 91.8 cm³/mol. The van der Waals surface area contributed by atoms with E-state index in [9.17, 15) is 14.4 Å². The van der Waals surface area contributed by atoms with Crippen molar-refractivity contribution in [1.82, 2.24) is 10.2 Å². The van der Waals surface area contributed by atoms with Gasteiger partial charge in [0.05, 0.1) is 6.61 Å². The Hall–Kier alpha value is -2.37. The van der Waals surface area contributed by atoms with Crippen LogP contribution in [0.3, 0.4) is 0 Å². The van der Waals surface area contributed by atoms with Crippen LogP contribution in [0.4, 0.5) is 0 Å². The molecule has 1 N–H and O–H groups in total. The first-order chi connectivity index (χ1) is 12.0. The number of carbonyl (C=O) groups excluding carboxylic acids is 3. The van der Waals surface area contributed by atoms with Crippen molar-refractivity contribution in [3.8, 4) is 0 Å². The van der Waals surface area contributed by atoms with E-state index in [0.717, 1.165) is 19.3 Å². The first-order valence-electron chi connectivity index (χ1n) is 8.81. The Morgan fingerprint density at radius 2 is 1.96 bits per heavy atom. The molecule has 1 saturated heterocycles. The summed E-state index contributed by atoms with van der Waals surface area (Å²) in [6.45, 7) is 2.56. The van der Waals surface area contributed by atoms with Crippen LogP contribution in [0.15, 0.2) is 30.3 Å². The third-order valence-corrected chi connectivity index (χ3v) is 4.97. The van der Waals surface area contributed by atoms with Gasteiger partial charge in [-0.15, -0.1) is 0 Å². The summed E-state index contributed by atoms with van der Waals surface area (Å²) >= 11 is 0. The first kappa shape index (κ1) is 17.5. The maximum Gasteiger partial charge on any atom is 0.325 e. The van der Waals surface area contributed by atoms with Crippen LogP contribution < -0.4 is 5.32 Å². The van der Waals surface area contributed by atoms with Gasteiger partial charge in [0.2, 0.25) is 5.91 Å². The number of rotatable bonds is 6. The van der Waals surface area contributed by atoms with Gasteiger partial charge in [0.1, 0.15) is 12.1 Å². The second-order valence-electron chi connectivity index (χ2n) is 7.01. The highest BCUT2D eigenvalue weighted by atomic mass is 16.5.